The van der Waals surface area contributed by atoms with E-state index in [1.165, 1.54) is 17.7 Å². The van der Waals surface area contributed by atoms with Gasteiger partial charge in [-0.25, -0.2) is 14.8 Å². The van der Waals surface area contributed by atoms with Gasteiger partial charge in [0, 0.05) is 11.4 Å². The number of thiophene rings is 1. The third kappa shape index (κ3) is 3.71. The van der Waals surface area contributed by atoms with E-state index in [1.54, 1.807) is 0 Å². The van der Waals surface area contributed by atoms with E-state index in [0.29, 0.717) is 28.9 Å². The van der Waals surface area contributed by atoms with E-state index in [9.17, 15) is 4.79 Å². The van der Waals surface area contributed by atoms with Crippen LogP contribution >= 0.6 is 11.3 Å². The summed E-state index contributed by atoms with van der Waals surface area (Å²) in [5.41, 5.74) is 8.10. The minimum atomic E-state index is -0.312. The van der Waals surface area contributed by atoms with Crippen LogP contribution in [0, 0.1) is 12.8 Å². The molecule has 2 heterocycles. The third-order valence-electron chi connectivity index (χ3n) is 3.63. The van der Waals surface area contributed by atoms with Gasteiger partial charge in [0.25, 0.3) is 0 Å². The number of carbonyl (C=O) groups excluding carboxylic acids is 1. The maximum absolute atomic E-state index is 12.4. The highest BCUT2D eigenvalue weighted by Gasteiger charge is 2.20. The number of nitrogens with two attached hydrogens (primary N) is 1. The predicted octanol–water partition coefficient (Wildman–Crippen LogP) is 4.14. The molecule has 3 N–H and O–H groups in total. The minimum Gasteiger partial charge on any atom is -0.461 e. The van der Waals surface area contributed by atoms with Crippen LogP contribution in [0.4, 0.5) is 17.2 Å². The number of hydrogen-bond acceptors (Lipinski definition) is 7. The lowest BCUT2D eigenvalue weighted by Gasteiger charge is -2.08. The summed E-state index contributed by atoms with van der Waals surface area (Å²) in [7, 11) is 0. The average Bonchev–Trinajstić information content (AvgIpc) is 2.93. The zero-order valence-corrected chi connectivity index (χ0v) is 15.2. The van der Waals surface area contributed by atoms with Crippen molar-refractivity contribution in [1.29, 1.82) is 0 Å². The highest BCUT2D eigenvalue weighted by Crippen LogP contribution is 2.34. The van der Waals surface area contributed by atoms with Crippen molar-refractivity contribution in [3.63, 3.8) is 0 Å². The van der Waals surface area contributed by atoms with Gasteiger partial charge in [0.15, 0.2) is 0 Å². The number of ether oxygens (including phenoxy) is 1. The largest absolute Gasteiger partial charge is 0.461 e. The molecule has 3 aromatic rings. The molecule has 0 aliphatic heterocycles. The quantitative estimate of drug-likeness (QED) is 0.527. The SMILES string of the molecule is Cc1c(C(=O)OCC(C)C)sc2ncnc(Nc3ccc(N)cc3)c12. The van der Waals surface area contributed by atoms with Gasteiger partial charge in [-0.05, 0) is 42.7 Å². The number of fused-ring (bicyclic) bond motifs is 1. The Hall–Kier alpha value is -2.67. The molecule has 0 aliphatic carbocycles. The number of nitrogens with one attached hydrogen (secondary N) is 1. The van der Waals surface area contributed by atoms with Crippen molar-refractivity contribution in [2.24, 2.45) is 5.92 Å². The molecule has 0 fully saturated rings. The fourth-order valence-electron chi connectivity index (χ4n) is 2.37. The lowest BCUT2D eigenvalue weighted by atomic mass is 10.2. The topological polar surface area (TPSA) is 90.1 Å². The van der Waals surface area contributed by atoms with Crippen LogP contribution in [0.25, 0.3) is 10.2 Å². The lowest BCUT2D eigenvalue weighted by Crippen LogP contribution is -2.09. The van der Waals surface area contributed by atoms with Gasteiger partial charge in [0.1, 0.15) is 21.9 Å². The van der Waals surface area contributed by atoms with Crippen molar-refractivity contribution in [3.8, 4) is 0 Å². The fraction of sp³-hybridized carbons (Fsp3) is 0.278. The van der Waals surface area contributed by atoms with Crippen LogP contribution in [-0.4, -0.2) is 22.5 Å². The average molecular weight is 356 g/mol. The molecule has 0 spiro atoms. The van der Waals surface area contributed by atoms with Gasteiger partial charge < -0.3 is 15.8 Å². The number of carbonyl (C=O) groups is 1. The summed E-state index contributed by atoms with van der Waals surface area (Å²) in [5, 5.41) is 4.10. The second-order valence-electron chi connectivity index (χ2n) is 6.20. The van der Waals surface area contributed by atoms with E-state index in [1.807, 2.05) is 45.0 Å². The highest BCUT2D eigenvalue weighted by molar-refractivity contribution is 7.20. The van der Waals surface area contributed by atoms with E-state index >= 15 is 0 Å². The van der Waals surface area contributed by atoms with Gasteiger partial charge in [-0.15, -0.1) is 11.3 Å². The zero-order chi connectivity index (χ0) is 18.0. The molecule has 0 aliphatic rings. The van der Waals surface area contributed by atoms with Gasteiger partial charge in [0.2, 0.25) is 0 Å². The van der Waals surface area contributed by atoms with E-state index < -0.39 is 0 Å². The number of nitrogens with zero attached hydrogens (tertiary/aromatic N) is 2. The fourth-order valence-corrected chi connectivity index (χ4v) is 3.41. The maximum atomic E-state index is 12.4. The molecule has 3 rings (SSSR count). The molecule has 6 nitrogen and oxygen atoms in total. The number of hydrogen-bond donors (Lipinski definition) is 2. The predicted molar refractivity (Wildman–Crippen MR) is 101 cm³/mol. The van der Waals surface area contributed by atoms with Gasteiger partial charge >= 0.3 is 5.97 Å². The van der Waals surface area contributed by atoms with Crippen LogP contribution in [0.5, 0.6) is 0 Å². The van der Waals surface area contributed by atoms with Crippen LogP contribution < -0.4 is 11.1 Å². The first-order chi connectivity index (χ1) is 12.0. The van der Waals surface area contributed by atoms with E-state index in [-0.39, 0.29) is 5.97 Å². The lowest BCUT2D eigenvalue weighted by molar-refractivity contribution is 0.0464. The van der Waals surface area contributed by atoms with Crippen molar-refractivity contribution < 1.29 is 9.53 Å². The summed E-state index contributed by atoms with van der Waals surface area (Å²) in [4.78, 5) is 22.3. The Morgan fingerprint density at radius 3 is 2.68 bits per heavy atom. The number of esters is 1. The molecule has 1 aromatic carbocycles. The smallest absolute Gasteiger partial charge is 0.348 e. The first-order valence-electron chi connectivity index (χ1n) is 7.99. The Morgan fingerprint density at radius 2 is 2.00 bits per heavy atom. The number of rotatable bonds is 5. The zero-order valence-electron chi connectivity index (χ0n) is 14.4. The normalized spacial score (nSPS) is 11.0. The molecule has 2 aromatic heterocycles. The van der Waals surface area contributed by atoms with Crippen LogP contribution in [0.1, 0.15) is 29.1 Å². The van der Waals surface area contributed by atoms with Crippen molar-refractivity contribution in [3.05, 3.63) is 41.0 Å². The molecule has 0 radical (unpaired) electrons. The van der Waals surface area contributed by atoms with Crippen molar-refractivity contribution in [1.82, 2.24) is 9.97 Å². The Balaban J connectivity index is 1.95. The highest BCUT2D eigenvalue weighted by atomic mass is 32.1. The Morgan fingerprint density at radius 1 is 1.28 bits per heavy atom. The van der Waals surface area contributed by atoms with Crippen LogP contribution in [-0.2, 0) is 4.74 Å². The second-order valence-corrected chi connectivity index (χ2v) is 7.20. The summed E-state index contributed by atoms with van der Waals surface area (Å²) in [6.07, 6.45) is 1.49. The molecule has 25 heavy (non-hydrogen) atoms. The van der Waals surface area contributed by atoms with E-state index in [4.69, 9.17) is 10.5 Å². The third-order valence-corrected chi connectivity index (χ3v) is 4.81. The molecular formula is C18H20N4O2S. The van der Waals surface area contributed by atoms with E-state index in [2.05, 4.69) is 15.3 Å². The first kappa shape index (κ1) is 17.2. The van der Waals surface area contributed by atoms with Gasteiger partial charge in [-0.2, -0.15) is 0 Å². The number of aromatic nitrogens is 2. The Bertz CT molecular complexity index is 903. The van der Waals surface area contributed by atoms with Gasteiger partial charge in [-0.1, -0.05) is 13.8 Å². The van der Waals surface area contributed by atoms with Gasteiger partial charge in [0.05, 0.1) is 12.0 Å². The number of anilines is 3. The standard InChI is InChI=1S/C18H20N4O2S/c1-10(2)8-24-18(23)15-11(3)14-16(20-9-21-17(14)25-15)22-13-6-4-12(19)5-7-13/h4-7,9-10H,8,19H2,1-3H3,(H,20,21,22). The van der Waals surface area contributed by atoms with Crippen LogP contribution in [0.3, 0.4) is 0 Å². The monoisotopic (exact) mass is 356 g/mol. The van der Waals surface area contributed by atoms with Crippen molar-refractivity contribution in [2.45, 2.75) is 20.8 Å². The first-order valence-corrected chi connectivity index (χ1v) is 8.81. The number of nitrogen functional groups attached to an aromatic ring is 1. The van der Waals surface area contributed by atoms with Crippen molar-refractivity contribution >= 4 is 44.7 Å². The molecule has 7 heteroatoms. The Kier molecular flexibility index (Phi) is 4.85. The Labute approximate surface area is 150 Å². The molecule has 0 saturated heterocycles. The summed E-state index contributed by atoms with van der Waals surface area (Å²) in [5.74, 6) is 0.639. The maximum Gasteiger partial charge on any atom is 0.348 e. The second kappa shape index (κ2) is 7.06. The number of benzene rings is 1. The van der Waals surface area contributed by atoms with Gasteiger partial charge in [-0.3, -0.25) is 0 Å². The minimum absolute atomic E-state index is 0.293. The molecule has 130 valence electrons. The van der Waals surface area contributed by atoms with Crippen molar-refractivity contribution in [2.75, 3.05) is 17.7 Å². The molecule has 0 unspecified atom stereocenters. The van der Waals surface area contributed by atoms with E-state index in [0.717, 1.165) is 21.5 Å². The summed E-state index contributed by atoms with van der Waals surface area (Å²) in [6, 6.07) is 7.39. The molecule has 0 atom stereocenters. The summed E-state index contributed by atoms with van der Waals surface area (Å²) >= 11 is 1.33. The molecule has 0 saturated carbocycles. The summed E-state index contributed by atoms with van der Waals surface area (Å²) in [6.45, 7) is 6.30. The molecule has 0 bridgehead atoms. The summed E-state index contributed by atoms with van der Waals surface area (Å²) < 4.78 is 5.36. The van der Waals surface area contributed by atoms with Crippen LogP contribution in [0.2, 0.25) is 0 Å². The number of aryl methyl sites for hydroxylation is 1. The molecule has 0 amide bonds. The molecular weight excluding hydrogens is 336 g/mol. The van der Waals surface area contributed by atoms with Crippen LogP contribution in [0.15, 0.2) is 30.6 Å².